The molecule has 2 heterocycles. The number of benzene rings is 1. The van der Waals surface area contributed by atoms with Crippen molar-refractivity contribution in [1.29, 1.82) is 0 Å². The van der Waals surface area contributed by atoms with Crippen molar-refractivity contribution in [3.63, 3.8) is 0 Å². The van der Waals surface area contributed by atoms with Gasteiger partial charge in [-0.25, -0.2) is 4.98 Å². The monoisotopic (exact) mass is 271 g/mol. The summed E-state index contributed by atoms with van der Waals surface area (Å²) in [7, 11) is 0. The summed E-state index contributed by atoms with van der Waals surface area (Å²) in [6, 6.07) is 8.53. The second kappa shape index (κ2) is 5.15. The Kier molecular flexibility index (Phi) is 3.36. The van der Waals surface area contributed by atoms with Crippen molar-refractivity contribution in [2.24, 2.45) is 5.73 Å². The molecule has 0 saturated heterocycles. The van der Waals surface area contributed by atoms with Gasteiger partial charge >= 0.3 is 0 Å². The average Bonchev–Trinajstić information content (AvgIpc) is 3.06. The maximum Gasteiger partial charge on any atom is 0.0926 e. The first-order chi connectivity index (χ1) is 9.30. The van der Waals surface area contributed by atoms with Crippen LogP contribution >= 0.6 is 11.3 Å². The predicted octanol–water partition coefficient (Wildman–Crippen LogP) is 3.17. The fraction of sp³-hybridized carbons (Fsp3) is 0.267. The summed E-state index contributed by atoms with van der Waals surface area (Å²) in [5.74, 6) is 0. The molecule has 0 unspecified atom stereocenters. The lowest BCUT2D eigenvalue weighted by Crippen LogP contribution is -2.00. The van der Waals surface area contributed by atoms with E-state index in [4.69, 9.17) is 5.73 Å². The van der Waals surface area contributed by atoms with Gasteiger partial charge in [-0.1, -0.05) is 19.1 Å². The van der Waals surface area contributed by atoms with E-state index in [2.05, 4.69) is 52.3 Å². The molecular weight excluding hydrogens is 254 g/mol. The van der Waals surface area contributed by atoms with Crippen LogP contribution in [0.1, 0.15) is 23.2 Å². The highest BCUT2D eigenvalue weighted by Crippen LogP contribution is 2.20. The Morgan fingerprint density at radius 1 is 1.32 bits per heavy atom. The third kappa shape index (κ3) is 2.41. The van der Waals surface area contributed by atoms with E-state index in [1.165, 1.54) is 21.5 Å². The number of hydrogen-bond acceptors (Lipinski definition) is 3. The lowest BCUT2D eigenvalue weighted by Gasteiger charge is -2.04. The van der Waals surface area contributed by atoms with E-state index in [1.807, 2.05) is 0 Å². The standard InChI is InChI=1S/C15H17N3S/c1-2-15-17-13(10-19-15)9-18-6-5-12-4-3-11(8-16)7-14(12)18/h3-7,10H,2,8-9,16H2,1H3. The maximum atomic E-state index is 5.71. The molecule has 0 saturated carbocycles. The van der Waals surface area contributed by atoms with Crippen LogP contribution in [0.3, 0.4) is 0 Å². The minimum Gasteiger partial charge on any atom is -0.341 e. The number of hydrogen-bond donors (Lipinski definition) is 1. The van der Waals surface area contributed by atoms with Gasteiger partial charge < -0.3 is 10.3 Å². The maximum absolute atomic E-state index is 5.71. The number of nitrogens with two attached hydrogens (primary N) is 1. The highest BCUT2D eigenvalue weighted by molar-refractivity contribution is 7.09. The molecule has 3 nitrogen and oxygen atoms in total. The molecule has 3 aromatic rings. The van der Waals surface area contributed by atoms with Gasteiger partial charge in [0.2, 0.25) is 0 Å². The number of rotatable bonds is 4. The van der Waals surface area contributed by atoms with E-state index in [0.717, 1.165) is 18.7 Å². The Morgan fingerprint density at radius 3 is 2.95 bits per heavy atom. The summed E-state index contributed by atoms with van der Waals surface area (Å²) in [4.78, 5) is 4.63. The van der Waals surface area contributed by atoms with Gasteiger partial charge in [-0.05, 0) is 29.5 Å². The van der Waals surface area contributed by atoms with E-state index in [9.17, 15) is 0 Å². The van der Waals surface area contributed by atoms with Crippen molar-refractivity contribution in [3.05, 3.63) is 52.1 Å². The van der Waals surface area contributed by atoms with Crippen LogP contribution in [0, 0.1) is 0 Å². The normalized spacial score (nSPS) is 11.3. The number of aromatic nitrogens is 2. The number of nitrogens with zero attached hydrogens (tertiary/aromatic N) is 2. The SMILES string of the molecule is CCc1nc(Cn2ccc3ccc(CN)cc32)cs1. The molecule has 2 aromatic heterocycles. The van der Waals surface area contributed by atoms with Gasteiger partial charge in [-0.2, -0.15) is 0 Å². The molecule has 0 radical (unpaired) electrons. The van der Waals surface area contributed by atoms with Crippen molar-refractivity contribution in [2.45, 2.75) is 26.4 Å². The topological polar surface area (TPSA) is 43.8 Å². The molecule has 1 aromatic carbocycles. The highest BCUT2D eigenvalue weighted by Gasteiger charge is 2.05. The Bertz CT molecular complexity index is 696. The van der Waals surface area contributed by atoms with E-state index in [0.29, 0.717) is 6.54 Å². The van der Waals surface area contributed by atoms with Gasteiger partial charge in [0.15, 0.2) is 0 Å². The molecule has 0 aliphatic rings. The molecule has 0 amide bonds. The van der Waals surface area contributed by atoms with Crippen LogP contribution in [0.15, 0.2) is 35.8 Å². The Hall–Kier alpha value is -1.65. The molecule has 0 spiro atoms. The second-order valence-corrected chi connectivity index (χ2v) is 5.57. The van der Waals surface area contributed by atoms with Crippen LogP contribution in [-0.2, 0) is 19.5 Å². The lowest BCUT2D eigenvalue weighted by atomic mass is 10.1. The Morgan fingerprint density at radius 2 is 2.21 bits per heavy atom. The van der Waals surface area contributed by atoms with Gasteiger partial charge in [0.05, 0.1) is 17.2 Å². The number of fused-ring (bicyclic) bond motifs is 1. The summed E-state index contributed by atoms with van der Waals surface area (Å²) in [6.07, 6.45) is 3.13. The zero-order chi connectivity index (χ0) is 13.2. The molecule has 0 fully saturated rings. The zero-order valence-corrected chi connectivity index (χ0v) is 11.8. The molecule has 4 heteroatoms. The Balaban J connectivity index is 1.95. The smallest absolute Gasteiger partial charge is 0.0926 e. The quantitative estimate of drug-likeness (QED) is 0.792. The summed E-state index contributed by atoms with van der Waals surface area (Å²) in [5.41, 5.74) is 9.25. The van der Waals surface area contributed by atoms with Gasteiger partial charge in [0, 0.05) is 23.6 Å². The van der Waals surface area contributed by atoms with Crippen LogP contribution in [0.4, 0.5) is 0 Å². The third-order valence-corrected chi connectivity index (χ3v) is 4.35. The van der Waals surface area contributed by atoms with Gasteiger partial charge in [0.1, 0.15) is 0 Å². The van der Waals surface area contributed by atoms with Gasteiger partial charge in [-0.15, -0.1) is 11.3 Å². The fourth-order valence-corrected chi connectivity index (χ4v) is 2.99. The van der Waals surface area contributed by atoms with Crippen molar-refractivity contribution in [1.82, 2.24) is 9.55 Å². The first-order valence-electron chi connectivity index (χ1n) is 6.51. The van der Waals surface area contributed by atoms with Crippen LogP contribution in [0.2, 0.25) is 0 Å². The molecule has 98 valence electrons. The highest BCUT2D eigenvalue weighted by atomic mass is 32.1. The van der Waals surface area contributed by atoms with Crippen molar-refractivity contribution < 1.29 is 0 Å². The summed E-state index contributed by atoms with van der Waals surface area (Å²) >= 11 is 1.74. The van der Waals surface area contributed by atoms with E-state index < -0.39 is 0 Å². The van der Waals surface area contributed by atoms with Crippen molar-refractivity contribution in [2.75, 3.05) is 0 Å². The average molecular weight is 271 g/mol. The number of aryl methyl sites for hydroxylation is 1. The summed E-state index contributed by atoms with van der Waals surface area (Å²) in [5, 5.41) is 4.61. The van der Waals surface area contributed by atoms with E-state index in [-0.39, 0.29) is 0 Å². The summed E-state index contributed by atoms with van der Waals surface area (Å²) < 4.78 is 2.24. The molecule has 19 heavy (non-hydrogen) atoms. The lowest BCUT2D eigenvalue weighted by molar-refractivity contribution is 0.807. The van der Waals surface area contributed by atoms with Crippen LogP contribution in [-0.4, -0.2) is 9.55 Å². The fourth-order valence-electron chi connectivity index (χ4n) is 2.25. The third-order valence-electron chi connectivity index (χ3n) is 3.31. The first-order valence-corrected chi connectivity index (χ1v) is 7.39. The Labute approximate surface area is 116 Å². The molecule has 0 atom stereocenters. The minimum absolute atomic E-state index is 0.581. The first kappa shape index (κ1) is 12.4. The summed E-state index contributed by atoms with van der Waals surface area (Å²) in [6.45, 7) is 3.55. The molecule has 0 aliphatic carbocycles. The molecule has 0 aliphatic heterocycles. The molecular formula is C15H17N3S. The number of thiazole rings is 1. The predicted molar refractivity (Wildman–Crippen MR) is 80.4 cm³/mol. The molecule has 0 bridgehead atoms. The van der Waals surface area contributed by atoms with Crippen LogP contribution in [0.5, 0.6) is 0 Å². The largest absolute Gasteiger partial charge is 0.341 e. The zero-order valence-electron chi connectivity index (χ0n) is 11.0. The van der Waals surface area contributed by atoms with E-state index in [1.54, 1.807) is 11.3 Å². The van der Waals surface area contributed by atoms with Gasteiger partial charge in [0.25, 0.3) is 0 Å². The van der Waals surface area contributed by atoms with Crippen LogP contribution in [0.25, 0.3) is 10.9 Å². The van der Waals surface area contributed by atoms with Crippen molar-refractivity contribution >= 4 is 22.2 Å². The molecule has 3 rings (SSSR count). The minimum atomic E-state index is 0.581. The van der Waals surface area contributed by atoms with Crippen LogP contribution < -0.4 is 5.73 Å². The molecule has 2 N–H and O–H groups in total. The van der Waals surface area contributed by atoms with E-state index >= 15 is 0 Å². The van der Waals surface area contributed by atoms with Crippen molar-refractivity contribution in [3.8, 4) is 0 Å². The van der Waals surface area contributed by atoms with Gasteiger partial charge in [-0.3, -0.25) is 0 Å². The second-order valence-electron chi connectivity index (χ2n) is 4.63.